The summed E-state index contributed by atoms with van der Waals surface area (Å²) in [4.78, 5) is 2.47. The fourth-order valence-electron chi connectivity index (χ4n) is 3.49. The highest BCUT2D eigenvalue weighted by Gasteiger charge is 2.43. The first-order chi connectivity index (χ1) is 8.29. The maximum atomic E-state index is 9.95. The summed E-state index contributed by atoms with van der Waals surface area (Å²) >= 11 is 1.73. The highest BCUT2D eigenvalue weighted by atomic mass is 32.1. The largest absolute Gasteiger partial charge is 0.393 e. The zero-order chi connectivity index (χ0) is 11.8. The van der Waals surface area contributed by atoms with Gasteiger partial charge in [-0.2, -0.15) is 11.3 Å². The van der Waals surface area contributed by atoms with Gasteiger partial charge in [-0.05, 0) is 41.1 Å². The maximum Gasteiger partial charge on any atom is 0.0583 e. The van der Waals surface area contributed by atoms with E-state index in [1.165, 1.54) is 12.0 Å². The van der Waals surface area contributed by atoms with E-state index in [4.69, 9.17) is 5.73 Å². The molecule has 3 nitrogen and oxygen atoms in total. The van der Waals surface area contributed by atoms with E-state index in [2.05, 4.69) is 21.7 Å². The van der Waals surface area contributed by atoms with Gasteiger partial charge in [-0.1, -0.05) is 0 Å². The number of aliphatic hydroxyl groups is 1. The Bertz CT molecular complexity index is 368. The summed E-state index contributed by atoms with van der Waals surface area (Å²) in [5, 5.41) is 14.3. The van der Waals surface area contributed by atoms with Crippen LogP contribution < -0.4 is 5.73 Å². The van der Waals surface area contributed by atoms with Gasteiger partial charge in [0.2, 0.25) is 0 Å². The smallest absolute Gasteiger partial charge is 0.0583 e. The Morgan fingerprint density at radius 2 is 2.35 bits per heavy atom. The highest BCUT2D eigenvalue weighted by molar-refractivity contribution is 7.07. The summed E-state index contributed by atoms with van der Waals surface area (Å²) in [5.41, 5.74) is 7.27. The number of rotatable bonds is 3. The van der Waals surface area contributed by atoms with Crippen LogP contribution in [0.4, 0.5) is 0 Å². The van der Waals surface area contributed by atoms with E-state index in [0.29, 0.717) is 24.4 Å². The summed E-state index contributed by atoms with van der Waals surface area (Å²) in [5.74, 6) is 1.18. The molecule has 0 aromatic carbocycles. The fraction of sp³-hybridized carbons (Fsp3) is 0.692. The molecule has 1 aromatic rings. The second kappa shape index (κ2) is 4.69. The Labute approximate surface area is 106 Å². The second-order valence-corrected chi connectivity index (χ2v) is 6.11. The molecule has 17 heavy (non-hydrogen) atoms. The first-order valence-corrected chi connectivity index (χ1v) is 7.38. The number of nitrogens with two attached hydrogens (primary N) is 1. The van der Waals surface area contributed by atoms with Crippen molar-refractivity contribution in [2.75, 3.05) is 19.6 Å². The molecule has 4 atom stereocenters. The molecule has 0 amide bonds. The molecule has 3 N–H and O–H groups in total. The molecule has 3 rings (SSSR count). The summed E-state index contributed by atoms with van der Waals surface area (Å²) in [6, 6.07) is 2.52. The van der Waals surface area contributed by atoms with Gasteiger partial charge < -0.3 is 10.8 Å². The van der Waals surface area contributed by atoms with Crippen LogP contribution in [-0.2, 0) is 0 Å². The van der Waals surface area contributed by atoms with Crippen molar-refractivity contribution in [1.82, 2.24) is 4.90 Å². The Morgan fingerprint density at radius 1 is 1.47 bits per heavy atom. The van der Waals surface area contributed by atoms with Crippen molar-refractivity contribution in [3.8, 4) is 0 Å². The van der Waals surface area contributed by atoms with E-state index in [-0.39, 0.29) is 6.10 Å². The third-order valence-electron chi connectivity index (χ3n) is 4.44. The summed E-state index contributed by atoms with van der Waals surface area (Å²) < 4.78 is 0. The summed E-state index contributed by atoms with van der Waals surface area (Å²) in [6.45, 7) is 2.80. The Hall–Kier alpha value is -0.420. The van der Waals surface area contributed by atoms with Crippen molar-refractivity contribution >= 4 is 11.3 Å². The zero-order valence-corrected chi connectivity index (χ0v) is 10.8. The van der Waals surface area contributed by atoms with Gasteiger partial charge in [0.05, 0.1) is 6.10 Å². The van der Waals surface area contributed by atoms with E-state index in [9.17, 15) is 5.11 Å². The number of thiophene rings is 1. The fourth-order valence-corrected chi connectivity index (χ4v) is 4.19. The van der Waals surface area contributed by atoms with Crippen molar-refractivity contribution < 1.29 is 5.11 Å². The minimum absolute atomic E-state index is 0.0779. The zero-order valence-electron chi connectivity index (χ0n) is 9.96. The third-order valence-corrected chi connectivity index (χ3v) is 5.14. The van der Waals surface area contributed by atoms with E-state index in [1.54, 1.807) is 11.3 Å². The molecule has 94 valence electrons. The first-order valence-electron chi connectivity index (χ1n) is 6.44. The van der Waals surface area contributed by atoms with Gasteiger partial charge in [0.1, 0.15) is 0 Å². The van der Waals surface area contributed by atoms with Crippen molar-refractivity contribution in [1.29, 1.82) is 0 Å². The molecule has 4 unspecified atom stereocenters. The number of nitrogens with zero attached hydrogens (tertiary/aromatic N) is 1. The normalized spacial score (nSPS) is 35.1. The van der Waals surface area contributed by atoms with E-state index in [1.807, 2.05) is 0 Å². The van der Waals surface area contributed by atoms with Gasteiger partial charge in [0, 0.05) is 31.6 Å². The number of fused-ring (bicyclic) bond motifs is 1. The second-order valence-electron chi connectivity index (χ2n) is 5.33. The molecule has 2 aliphatic rings. The predicted octanol–water partition coefficient (Wildman–Crippen LogP) is 1.45. The summed E-state index contributed by atoms with van der Waals surface area (Å²) in [7, 11) is 0. The molecular weight excluding hydrogens is 232 g/mol. The van der Waals surface area contributed by atoms with Gasteiger partial charge in [0.25, 0.3) is 0 Å². The van der Waals surface area contributed by atoms with Gasteiger partial charge in [-0.3, -0.25) is 4.90 Å². The molecule has 1 aliphatic carbocycles. The topological polar surface area (TPSA) is 49.5 Å². The lowest BCUT2D eigenvalue weighted by Gasteiger charge is -2.27. The molecule has 0 spiro atoms. The molecule has 0 bridgehead atoms. The minimum Gasteiger partial charge on any atom is -0.393 e. The van der Waals surface area contributed by atoms with Gasteiger partial charge in [0.15, 0.2) is 0 Å². The molecule has 4 heteroatoms. The lowest BCUT2D eigenvalue weighted by Crippen LogP contribution is -2.33. The monoisotopic (exact) mass is 252 g/mol. The molecular formula is C13H20N2OS. The van der Waals surface area contributed by atoms with E-state index >= 15 is 0 Å². The van der Waals surface area contributed by atoms with Gasteiger partial charge >= 0.3 is 0 Å². The molecule has 1 saturated heterocycles. The van der Waals surface area contributed by atoms with Gasteiger partial charge in [-0.25, -0.2) is 0 Å². The van der Waals surface area contributed by atoms with Crippen LogP contribution in [-0.4, -0.2) is 35.7 Å². The quantitative estimate of drug-likeness (QED) is 0.856. The molecule has 0 radical (unpaired) electrons. The average molecular weight is 252 g/mol. The van der Waals surface area contributed by atoms with Crippen molar-refractivity contribution in [3.05, 3.63) is 22.4 Å². The first kappa shape index (κ1) is 11.7. The molecule has 1 aliphatic heterocycles. The van der Waals surface area contributed by atoms with Crippen LogP contribution in [0.15, 0.2) is 16.8 Å². The Kier molecular flexibility index (Phi) is 3.21. The van der Waals surface area contributed by atoms with Crippen LogP contribution in [0.2, 0.25) is 0 Å². The predicted molar refractivity (Wildman–Crippen MR) is 69.9 cm³/mol. The van der Waals surface area contributed by atoms with Crippen LogP contribution in [0.3, 0.4) is 0 Å². The Balaban J connectivity index is 1.73. The lowest BCUT2D eigenvalue weighted by atomic mass is 10.00. The number of hydrogen-bond acceptors (Lipinski definition) is 4. The van der Waals surface area contributed by atoms with Crippen LogP contribution in [0.5, 0.6) is 0 Å². The third kappa shape index (κ3) is 2.03. The minimum atomic E-state index is -0.0779. The Morgan fingerprint density at radius 3 is 3.00 bits per heavy atom. The number of likely N-dealkylation sites (tertiary alicyclic amines) is 1. The van der Waals surface area contributed by atoms with Crippen LogP contribution in [0.1, 0.15) is 24.4 Å². The highest BCUT2D eigenvalue weighted by Crippen LogP contribution is 2.41. The average Bonchev–Trinajstić information content (AvgIpc) is 3.00. The molecule has 1 saturated carbocycles. The molecule has 2 fully saturated rings. The molecule has 1 aromatic heterocycles. The molecule has 2 heterocycles. The van der Waals surface area contributed by atoms with E-state index < -0.39 is 0 Å². The SMILES string of the molecule is NCC(c1ccsc1)N1CC2CCC(O)C2C1. The standard InChI is InChI=1S/C13H20N2OS/c14-5-12(10-3-4-17-8-10)15-6-9-1-2-13(16)11(9)7-15/h3-4,8-9,11-13,16H,1-2,5-7,14H2. The van der Waals surface area contributed by atoms with Crippen LogP contribution in [0.25, 0.3) is 0 Å². The van der Waals surface area contributed by atoms with Gasteiger partial charge in [-0.15, -0.1) is 0 Å². The van der Waals surface area contributed by atoms with Crippen LogP contribution >= 0.6 is 11.3 Å². The number of hydrogen-bond donors (Lipinski definition) is 2. The van der Waals surface area contributed by atoms with Crippen LogP contribution in [0, 0.1) is 11.8 Å². The van der Waals surface area contributed by atoms with E-state index in [0.717, 1.165) is 19.5 Å². The van der Waals surface area contributed by atoms with Crippen molar-refractivity contribution in [2.45, 2.75) is 25.0 Å². The van der Waals surface area contributed by atoms with Crippen molar-refractivity contribution in [3.63, 3.8) is 0 Å². The van der Waals surface area contributed by atoms with Crippen molar-refractivity contribution in [2.24, 2.45) is 17.6 Å². The maximum absolute atomic E-state index is 9.95. The lowest BCUT2D eigenvalue weighted by molar-refractivity contribution is 0.118. The summed E-state index contributed by atoms with van der Waals surface area (Å²) in [6.07, 6.45) is 2.10. The number of aliphatic hydroxyl groups excluding tert-OH is 1.